The summed E-state index contributed by atoms with van der Waals surface area (Å²) in [6, 6.07) is -1.45. The maximum atomic E-state index is 10.9. The number of carbonyl (C=O) groups excluding carboxylic acids is 1. The zero-order chi connectivity index (χ0) is 11.6. The third kappa shape index (κ3) is 2.90. The number of carboxylic acid groups (broad SMARTS) is 1. The Morgan fingerprint density at radius 2 is 2.07 bits per heavy atom. The van der Waals surface area contributed by atoms with E-state index in [-0.39, 0.29) is 18.4 Å². The van der Waals surface area contributed by atoms with E-state index in [9.17, 15) is 14.7 Å². The topological polar surface area (TPSA) is 98.7 Å². The molecule has 4 N–H and O–H groups in total. The Kier molecular flexibility index (Phi) is 3.65. The molecule has 1 aliphatic heterocycles. The Balaban J connectivity index is 2.64. The van der Waals surface area contributed by atoms with Gasteiger partial charge in [-0.05, 0) is 6.92 Å². The van der Waals surface area contributed by atoms with Gasteiger partial charge in [0.1, 0.15) is 6.04 Å². The van der Waals surface area contributed by atoms with Crippen LogP contribution in [0, 0.1) is 0 Å². The Hall–Kier alpha value is -1.14. The average molecular weight is 216 g/mol. The summed E-state index contributed by atoms with van der Waals surface area (Å²) < 4.78 is 0. The van der Waals surface area contributed by atoms with Crippen LogP contribution >= 0.6 is 0 Å². The molecule has 1 fully saturated rings. The molecule has 0 aromatic rings. The van der Waals surface area contributed by atoms with Crippen LogP contribution in [0.25, 0.3) is 0 Å². The van der Waals surface area contributed by atoms with Crippen LogP contribution in [0.3, 0.4) is 0 Å². The van der Waals surface area contributed by atoms with Crippen LogP contribution in [0.5, 0.6) is 0 Å². The first-order valence-corrected chi connectivity index (χ1v) is 4.86. The molecule has 1 heterocycles. The second kappa shape index (κ2) is 4.59. The number of carbonyl (C=O) groups is 2. The maximum absolute atomic E-state index is 10.9. The van der Waals surface area contributed by atoms with Crippen molar-refractivity contribution in [2.45, 2.75) is 44.5 Å². The minimum atomic E-state index is -0.984. The van der Waals surface area contributed by atoms with Crippen LogP contribution < -0.4 is 10.6 Å². The van der Waals surface area contributed by atoms with E-state index in [1.165, 1.54) is 6.92 Å². The molecule has 0 bridgehead atoms. The van der Waals surface area contributed by atoms with Crippen LogP contribution in [0.15, 0.2) is 0 Å². The van der Waals surface area contributed by atoms with E-state index in [0.29, 0.717) is 0 Å². The van der Waals surface area contributed by atoms with Gasteiger partial charge in [-0.25, -0.2) is 0 Å². The lowest BCUT2D eigenvalue weighted by Crippen LogP contribution is -2.63. The van der Waals surface area contributed by atoms with Gasteiger partial charge < -0.3 is 15.5 Å². The number of amides is 1. The molecule has 6 nitrogen and oxygen atoms in total. The van der Waals surface area contributed by atoms with Gasteiger partial charge in [-0.15, -0.1) is 0 Å². The first-order valence-electron chi connectivity index (χ1n) is 4.86. The predicted molar refractivity (Wildman–Crippen MR) is 52.3 cm³/mol. The molecule has 1 aliphatic rings. The third-order valence-corrected chi connectivity index (χ3v) is 2.56. The standard InChI is InChI=1S/C9H16N2O4/c1-4-8(11-5(2)12)7(13)3-6(10-4)9(14)15/h4,6-8,10,13H,3H2,1-2H3,(H,11,12)(H,14,15)/t4-,6-,7-,8-/m0/s1. The van der Waals surface area contributed by atoms with Gasteiger partial charge in [0.05, 0.1) is 12.1 Å². The van der Waals surface area contributed by atoms with Gasteiger partial charge in [-0.2, -0.15) is 0 Å². The molecule has 0 aliphatic carbocycles. The Morgan fingerprint density at radius 3 is 2.47 bits per heavy atom. The molecular weight excluding hydrogens is 200 g/mol. The van der Waals surface area contributed by atoms with Crippen molar-refractivity contribution in [3.8, 4) is 0 Å². The summed E-state index contributed by atoms with van der Waals surface area (Å²) in [6.07, 6.45) is -0.726. The fourth-order valence-corrected chi connectivity index (χ4v) is 1.84. The largest absolute Gasteiger partial charge is 0.480 e. The molecule has 0 radical (unpaired) electrons. The highest BCUT2D eigenvalue weighted by Crippen LogP contribution is 2.14. The molecular formula is C9H16N2O4. The van der Waals surface area contributed by atoms with Gasteiger partial charge in [-0.1, -0.05) is 0 Å². The van der Waals surface area contributed by atoms with Crippen molar-refractivity contribution in [1.82, 2.24) is 10.6 Å². The molecule has 0 spiro atoms. The highest BCUT2D eigenvalue weighted by Gasteiger charge is 2.37. The van der Waals surface area contributed by atoms with Crippen molar-refractivity contribution in [1.29, 1.82) is 0 Å². The highest BCUT2D eigenvalue weighted by atomic mass is 16.4. The van der Waals surface area contributed by atoms with Crippen LogP contribution in [0.4, 0.5) is 0 Å². The number of aliphatic hydroxyl groups excluding tert-OH is 1. The van der Waals surface area contributed by atoms with Gasteiger partial charge in [0.25, 0.3) is 0 Å². The van der Waals surface area contributed by atoms with E-state index in [1.54, 1.807) is 6.92 Å². The van der Waals surface area contributed by atoms with E-state index in [0.717, 1.165) is 0 Å². The number of aliphatic carboxylic acids is 1. The normalized spacial score (nSPS) is 35.9. The Bertz CT molecular complexity index is 257. The van der Waals surface area contributed by atoms with E-state index in [1.807, 2.05) is 0 Å². The highest BCUT2D eigenvalue weighted by molar-refractivity contribution is 5.75. The van der Waals surface area contributed by atoms with Gasteiger partial charge in [0.2, 0.25) is 5.91 Å². The second-order valence-corrected chi connectivity index (χ2v) is 3.88. The number of aliphatic hydroxyl groups is 1. The number of nitrogens with one attached hydrogen (secondary N) is 2. The second-order valence-electron chi connectivity index (χ2n) is 3.88. The van der Waals surface area contributed by atoms with Crippen molar-refractivity contribution >= 4 is 11.9 Å². The number of carboxylic acids is 1. The average Bonchev–Trinajstić information content (AvgIpc) is 2.10. The van der Waals surface area contributed by atoms with Gasteiger partial charge in [0.15, 0.2) is 0 Å². The fraction of sp³-hybridized carbons (Fsp3) is 0.778. The van der Waals surface area contributed by atoms with Crippen molar-refractivity contribution in [2.24, 2.45) is 0 Å². The molecule has 6 heteroatoms. The summed E-state index contributed by atoms with van der Waals surface area (Å²) in [5, 5.41) is 23.9. The molecule has 0 aromatic heterocycles. The van der Waals surface area contributed by atoms with Gasteiger partial charge in [0, 0.05) is 19.4 Å². The van der Waals surface area contributed by atoms with E-state index >= 15 is 0 Å². The Morgan fingerprint density at radius 1 is 1.47 bits per heavy atom. The lowest BCUT2D eigenvalue weighted by Gasteiger charge is -2.37. The van der Waals surface area contributed by atoms with Crippen LogP contribution in [-0.2, 0) is 9.59 Å². The molecule has 15 heavy (non-hydrogen) atoms. The van der Waals surface area contributed by atoms with Crippen LogP contribution in [0.1, 0.15) is 20.3 Å². The maximum Gasteiger partial charge on any atom is 0.320 e. The van der Waals surface area contributed by atoms with Crippen molar-refractivity contribution < 1.29 is 19.8 Å². The van der Waals surface area contributed by atoms with Crippen LogP contribution in [0.2, 0.25) is 0 Å². The molecule has 4 atom stereocenters. The number of hydrogen-bond acceptors (Lipinski definition) is 4. The quantitative estimate of drug-likeness (QED) is 0.459. The monoisotopic (exact) mass is 216 g/mol. The summed E-state index contributed by atoms with van der Waals surface area (Å²) >= 11 is 0. The first kappa shape index (κ1) is 11.9. The summed E-state index contributed by atoms with van der Waals surface area (Å²) in [6.45, 7) is 3.10. The number of hydrogen-bond donors (Lipinski definition) is 4. The lowest BCUT2D eigenvalue weighted by atomic mass is 9.91. The smallest absolute Gasteiger partial charge is 0.320 e. The van der Waals surface area contributed by atoms with Crippen LogP contribution in [-0.4, -0.2) is 46.3 Å². The van der Waals surface area contributed by atoms with Gasteiger partial charge in [-0.3, -0.25) is 14.9 Å². The van der Waals surface area contributed by atoms with Gasteiger partial charge >= 0.3 is 5.97 Å². The third-order valence-electron chi connectivity index (χ3n) is 2.56. The molecule has 86 valence electrons. The SMILES string of the molecule is CC(=O)N[C@H]1[C@H](C)N[C@H](C(=O)O)C[C@@H]1O. The summed E-state index contributed by atoms with van der Waals surface area (Å²) in [4.78, 5) is 21.6. The molecule has 0 unspecified atom stereocenters. The lowest BCUT2D eigenvalue weighted by molar-refractivity contribution is -0.142. The fourth-order valence-electron chi connectivity index (χ4n) is 1.84. The minimum Gasteiger partial charge on any atom is -0.480 e. The molecule has 0 saturated carbocycles. The zero-order valence-electron chi connectivity index (χ0n) is 8.73. The summed E-state index contributed by atoms with van der Waals surface area (Å²) in [5.74, 6) is -1.22. The van der Waals surface area contributed by atoms with Crippen molar-refractivity contribution in [2.75, 3.05) is 0 Å². The van der Waals surface area contributed by atoms with E-state index in [4.69, 9.17) is 5.11 Å². The molecule has 1 rings (SSSR count). The molecule has 1 amide bonds. The summed E-state index contributed by atoms with van der Waals surface area (Å²) in [7, 11) is 0. The van der Waals surface area contributed by atoms with Crippen molar-refractivity contribution in [3.63, 3.8) is 0 Å². The molecule has 1 saturated heterocycles. The zero-order valence-corrected chi connectivity index (χ0v) is 8.73. The summed E-state index contributed by atoms with van der Waals surface area (Å²) in [5.41, 5.74) is 0. The van der Waals surface area contributed by atoms with E-state index < -0.39 is 24.2 Å². The minimum absolute atomic E-state index is 0.102. The van der Waals surface area contributed by atoms with E-state index in [2.05, 4.69) is 10.6 Å². The predicted octanol–water partition coefficient (Wildman–Crippen LogP) is -1.31. The van der Waals surface area contributed by atoms with Crippen molar-refractivity contribution in [3.05, 3.63) is 0 Å². The Labute approximate surface area is 87.7 Å². The molecule has 0 aromatic carbocycles. The number of rotatable bonds is 2. The first-order chi connectivity index (χ1) is 6.91. The number of piperidine rings is 1.